The smallest absolute Gasteiger partial charge is 0.349 e. The minimum Gasteiger partial charge on any atom is -0.493 e. The number of esters is 2. The van der Waals surface area contributed by atoms with E-state index in [0.717, 1.165) is 5.56 Å². The molecule has 2 aromatic carbocycles. The molecule has 0 unspecified atom stereocenters. The number of rotatable bonds is 10. The first-order valence-corrected chi connectivity index (χ1v) is 9.19. The van der Waals surface area contributed by atoms with Gasteiger partial charge in [-0.25, -0.2) is 4.79 Å². The van der Waals surface area contributed by atoms with Crippen LogP contribution >= 0.6 is 0 Å². The van der Waals surface area contributed by atoms with Gasteiger partial charge in [-0.3, -0.25) is 4.79 Å². The van der Waals surface area contributed by atoms with Crippen molar-refractivity contribution in [2.75, 3.05) is 13.2 Å². The molecule has 0 N–H and O–H groups in total. The minimum absolute atomic E-state index is 0.154. The highest BCUT2D eigenvalue weighted by Crippen LogP contribution is 2.23. The van der Waals surface area contributed by atoms with Crippen molar-refractivity contribution in [1.82, 2.24) is 0 Å². The van der Waals surface area contributed by atoms with Gasteiger partial charge in [-0.05, 0) is 50.6 Å². The SMILES string of the molecule is CCOC(=O)C(C)(C)Oc1ccc(OCCC(=O)OCc2ccccc2)cc1. The lowest BCUT2D eigenvalue weighted by molar-refractivity contribution is -0.158. The Balaban J connectivity index is 1.73. The molecular weight excluding hydrogens is 360 g/mol. The summed E-state index contributed by atoms with van der Waals surface area (Å²) in [4.78, 5) is 23.6. The molecule has 2 rings (SSSR count). The summed E-state index contributed by atoms with van der Waals surface area (Å²) in [7, 11) is 0. The Morgan fingerprint density at radius 2 is 1.54 bits per heavy atom. The largest absolute Gasteiger partial charge is 0.493 e. The summed E-state index contributed by atoms with van der Waals surface area (Å²) in [6.45, 7) is 5.81. The van der Waals surface area contributed by atoms with Gasteiger partial charge in [0.25, 0.3) is 0 Å². The van der Waals surface area contributed by atoms with Crippen molar-refractivity contribution in [3.8, 4) is 11.5 Å². The molecule has 6 nitrogen and oxygen atoms in total. The Hall–Kier alpha value is -3.02. The second-order valence-electron chi connectivity index (χ2n) is 6.55. The lowest BCUT2D eigenvalue weighted by Crippen LogP contribution is -2.39. The average molecular weight is 386 g/mol. The molecule has 0 heterocycles. The maximum absolute atomic E-state index is 11.9. The first kappa shape index (κ1) is 21.3. The van der Waals surface area contributed by atoms with Crippen LogP contribution in [0.3, 0.4) is 0 Å². The lowest BCUT2D eigenvalue weighted by atomic mass is 10.1. The number of carbonyl (C=O) groups is 2. The maximum Gasteiger partial charge on any atom is 0.349 e. The van der Waals surface area contributed by atoms with Gasteiger partial charge in [-0.1, -0.05) is 30.3 Å². The van der Waals surface area contributed by atoms with Gasteiger partial charge in [0.1, 0.15) is 18.1 Å². The first-order valence-electron chi connectivity index (χ1n) is 9.19. The second-order valence-corrected chi connectivity index (χ2v) is 6.55. The molecule has 0 aliphatic carbocycles. The Kier molecular flexibility index (Phi) is 7.87. The quantitative estimate of drug-likeness (QED) is 0.577. The summed E-state index contributed by atoms with van der Waals surface area (Å²) in [5, 5.41) is 0. The van der Waals surface area contributed by atoms with E-state index in [0.29, 0.717) is 18.1 Å². The molecule has 0 radical (unpaired) electrons. The first-order chi connectivity index (χ1) is 13.4. The molecule has 0 aliphatic rings. The van der Waals surface area contributed by atoms with Gasteiger partial charge in [0, 0.05) is 0 Å². The van der Waals surface area contributed by atoms with Gasteiger partial charge in [0.15, 0.2) is 5.60 Å². The number of hydrogen-bond donors (Lipinski definition) is 0. The van der Waals surface area contributed by atoms with Crippen LogP contribution in [0.2, 0.25) is 0 Å². The van der Waals surface area contributed by atoms with Gasteiger partial charge in [0.05, 0.1) is 19.6 Å². The van der Waals surface area contributed by atoms with Gasteiger partial charge in [-0.2, -0.15) is 0 Å². The van der Waals surface area contributed by atoms with Crippen molar-refractivity contribution in [3.05, 3.63) is 60.2 Å². The Bertz CT molecular complexity index is 752. The van der Waals surface area contributed by atoms with E-state index < -0.39 is 11.6 Å². The van der Waals surface area contributed by atoms with Crippen molar-refractivity contribution in [1.29, 1.82) is 0 Å². The number of hydrogen-bond acceptors (Lipinski definition) is 6. The summed E-state index contributed by atoms with van der Waals surface area (Å²) < 4.78 is 21.4. The van der Waals surface area contributed by atoms with Crippen LogP contribution in [-0.4, -0.2) is 30.8 Å². The van der Waals surface area contributed by atoms with Gasteiger partial charge in [-0.15, -0.1) is 0 Å². The highest BCUT2D eigenvalue weighted by atomic mass is 16.6. The highest BCUT2D eigenvalue weighted by molar-refractivity contribution is 5.79. The summed E-state index contributed by atoms with van der Waals surface area (Å²) in [6.07, 6.45) is 0.154. The summed E-state index contributed by atoms with van der Waals surface area (Å²) in [6, 6.07) is 16.3. The topological polar surface area (TPSA) is 71.1 Å². The van der Waals surface area contributed by atoms with E-state index >= 15 is 0 Å². The van der Waals surface area contributed by atoms with E-state index in [1.165, 1.54) is 0 Å². The van der Waals surface area contributed by atoms with Gasteiger partial charge in [0.2, 0.25) is 0 Å². The second kappa shape index (κ2) is 10.3. The lowest BCUT2D eigenvalue weighted by Gasteiger charge is -2.24. The molecule has 0 saturated carbocycles. The van der Waals surface area contributed by atoms with E-state index in [2.05, 4.69) is 0 Å². The fraction of sp³-hybridized carbons (Fsp3) is 0.364. The van der Waals surface area contributed by atoms with E-state index in [1.807, 2.05) is 30.3 Å². The fourth-order valence-corrected chi connectivity index (χ4v) is 2.31. The Morgan fingerprint density at radius 3 is 2.18 bits per heavy atom. The molecule has 28 heavy (non-hydrogen) atoms. The Labute approximate surface area is 165 Å². The van der Waals surface area contributed by atoms with E-state index in [9.17, 15) is 9.59 Å². The third-order valence-corrected chi connectivity index (χ3v) is 3.78. The fourth-order valence-electron chi connectivity index (χ4n) is 2.31. The molecular formula is C22H26O6. The zero-order chi connectivity index (χ0) is 20.4. The van der Waals surface area contributed by atoms with Crippen LogP contribution in [0.25, 0.3) is 0 Å². The van der Waals surface area contributed by atoms with Crippen LogP contribution in [0.4, 0.5) is 0 Å². The van der Waals surface area contributed by atoms with Gasteiger partial charge >= 0.3 is 11.9 Å². The standard InChI is InChI=1S/C22H26O6/c1-4-25-21(24)22(2,3)28-19-12-10-18(11-13-19)26-15-14-20(23)27-16-17-8-6-5-7-9-17/h5-13H,4,14-16H2,1-3H3. The van der Waals surface area contributed by atoms with Crippen LogP contribution in [0, 0.1) is 0 Å². The molecule has 0 atom stereocenters. The zero-order valence-electron chi connectivity index (χ0n) is 16.5. The Morgan fingerprint density at radius 1 is 0.893 bits per heavy atom. The summed E-state index contributed by atoms with van der Waals surface area (Å²) in [5.41, 5.74) is -0.140. The summed E-state index contributed by atoms with van der Waals surface area (Å²) in [5.74, 6) is 0.370. The molecule has 0 aliphatic heterocycles. The average Bonchev–Trinajstić information content (AvgIpc) is 2.68. The van der Waals surface area contributed by atoms with Gasteiger partial charge < -0.3 is 18.9 Å². The molecule has 2 aromatic rings. The van der Waals surface area contributed by atoms with Crippen molar-refractivity contribution in [3.63, 3.8) is 0 Å². The maximum atomic E-state index is 11.9. The van der Waals surface area contributed by atoms with Crippen LogP contribution in [-0.2, 0) is 25.7 Å². The zero-order valence-corrected chi connectivity index (χ0v) is 16.5. The number of carbonyl (C=O) groups excluding carboxylic acids is 2. The predicted octanol–water partition coefficient (Wildman–Crippen LogP) is 3.92. The number of benzene rings is 2. The molecule has 150 valence electrons. The van der Waals surface area contributed by atoms with Crippen molar-refractivity contribution in [2.45, 2.75) is 39.4 Å². The minimum atomic E-state index is -1.08. The molecule has 0 amide bonds. The van der Waals surface area contributed by atoms with E-state index in [1.54, 1.807) is 45.0 Å². The van der Waals surface area contributed by atoms with Crippen LogP contribution in [0.5, 0.6) is 11.5 Å². The third-order valence-electron chi connectivity index (χ3n) is 3.78. The normalized spacial score (nSPS) is 10.8. The third kappa shape index (κ3) is 6.95. The monoisotopic (exact) mass is 386 g/mol. The van der Waals surface area contributed by atoms with E-state index in [4.69, 9.17) is 18.9 Å². The van der Waals surface area contributed by atoms with Crippen LogP contribution in [0.15, 0.2) is 54.6 Å². The highest BCUT2D eigenvalue weighted by Gasteiger charge is 2.31. The molecule has 0 fully saturated rings. The van der Waals surface area contributed by atoms with Crippen molar-refractivity contribution in [2.24, 2.45) is 0 Å². The number of ether oxygens (including phenoxy) is 4. The molecule has 0 bridgehead atoms. The van der Waals surface area contributed by atoms with Crippen molar-refractivity contribution >= 4 is 11.9 Å². The molecule has 6 heteroatoms. The summed E-state index contributed by atoms with van der Waals surface area (Å²) >= 11 is 0. The molecule has 0 saturated heterocycles. The molecule has 0 spiro atoms. The predicted molar refractivity (Wildman–Crippen MR) is 104 cm³/mol. The van der Waals surface area contributed by atoms with Crippen LogP contribution < -0.4 is 9.47 Å². The van der Waals surface area contributed by atoms with Crippen LogP contribution in [0.1, 0.15) is 32.8 Å². The molecule has 0 aromatic heterocycles. The van der Waals surface area contributed by atoms with E-state index in [-0.39, 0.29) is 25.6 Å². The van der Waals surface area contributed by atoms with Crippen molar-refractivity contribution < 1.29 is 28.5 Å².